The third-order valence-electron chi connectivity index (χ3n) is 19.4. The van der Waals surface area contributed by atoms with Crippen molar-refractivity contribution in [1.82, 2.24) is 0 Å². The van der Waals surface area contributed by atoms with Gasteiger partial charge < -0.3 is 9.80 Å². The summed E-state index contributed by atoms with van der Waals surface area (Å²) in [5.74, 6) is 0. The highest BCUT2D eigenvalue weighted by molar-refractivity contribution is 7.34. The van der Waals surface area contributed by atoms with Crippen molar-refractivity contribution in [3.63, 3.8) is 0 Å². The largest absolute Gasteiger partial charge is 0.311 e. The van der Waals surface area contributed by atoms with Crippen molar-refractivity contribution in [3.05, 3.63) is 136 Å². The van der Waals surface area contributed by atoms with E-state index in [9.17, 15) is 0 Å². The monoisotopic (exact) mass is 983 g/mol. The van der Waals surface area contributed by atoms with Gasteiger partial charge in [0.25, 0.3) is 6.71 Å². The van der Waals surface area contributed by atoms with Gasteiger partial charge in [0.15, 0.2) is 0 Å². The lowest BCUT2D eigenvalue weighted by atomic mass is 9.35. The first-order chi connectivity index (χ1) is 33.7. The molecule has 8 aromatic rings. The van der Waals surface area contributed by atoms with Crippen LogP contribution in [0.25, 0.3) is 30.3 Å². The van der Waals surface area contributed by atoms with Crippen LogP contribution in [0.3, 0.4) is 0 Å². The van der Waals surface area contributed by atoms with Crippen LogP contribution < -0.4 is 25.5 Å². The molecule has 0 saturated carbocycles. The number of fused-ring (bicyclic) bond motifs is 12. The Kier molecular flexibility index (Phi) is 9.59. The summed E-state index contributed by atoms with van der Waals surface area (Å²) in [6, 6.07) is 37.9. The topological polar surface area (TPSA) is 6.48 Å². The van der Waals surface area contributed by atoms with E-state index in [1.54, 1.807) is 5.56 Å². The van der Waals surface area contributed by atoms with Gasteiger partial charge in [0.05, 0.1) is 16.1 Å². The van der Waals surface area contributed by atoms with Crippen molar-refractivity contribution >= 4 is 109 Å². The van der Waals surface area contributed by atoms with Gasteiger partial charge in [0, 0.05) is 53.1 Å². The zero-order chi connectivity index (χ0) is 50.8. The number of aryl methyl sites for hydroxylation is 1. The standard InChI is InChI=1S/C67H75BN2S2/c1-38-30-53-57-54(31-38)70(51-19-17-18-41-42-32-39(61(2,3)4)20-23-55(42)71-59(41)51)58-43-34-46-49(67(15,16)29-26-64(46,9)10)37-56(43)72-60(58)68(57)50-35-47-48(66(13,14)28-27-65(47,11)12)36-52(50)69(53)40-21-22-44-45(33-40)63(7,8)25-24-62(44,5)6/h17-23,30-37H,24-29H2,1-16H3. The average Bonchev–Trinajstić information content (AvgIpc) is 3.88. The van der Waals surface area contributed by atoms with Crippen molar-refractivity contribution in [3.8, 4) is 0 Å². The van der Waals surface area contributed by atoms with Gasteiger partial charge in [-0.05, 0) is 199 Å². The zero-order valence-electron chi connectivity index (χ0n) is 46.2. The molecule has 2 nitrogen and oxygen atoms in total. The molecule has 72 heavy (non-hydrogen) atoms. The highest BCUT2D eigenvalue weighted by Crippen LogP contribution is 2.57. The molecule has 2 aliphatic heterocycles. The fraction of sp³-hybridized carbons (Fsp3) is 0.433. The molecule has 13 rings (SSSR count). The number of anilines is 6. The molecule has 0 spiro atoms. The molecule has 5 heteroatoms. The zero-order valence-corrected chi connectivity index (χ0v) is 47.8. The Balaban J connectivity index is 1.17. The summed E-state index contributed by atoms with van der Waals surface area (Å²) in [6.07, 6.45) is 7.16. The fourth-order valence-electron chi connectivity index (χ4n) is 14.4. The SMILES string of the molecule is Cc1cc2c3c(c1)N(c1cccc4c1sc1ccc(C(C)(C)C)cc14)c1c(sc4cc5c(cc14)C(C)(C)CCC5(C)C)B3c1cc3c(cc1N2c1ccc2c(c1)C(C)(C)CCC2(C)C)C(C)(C)CCC3(C)C. The van der Waals surface area contributed by atoms with Crippen molar-refractivity contribution in [2.75, 3.05) is 9.80 Å². The Morgan fingerprint density at radius 1 is 0.458 bits per heavy atom. The predicted octanol–water partition coefficient (Wildman–Crippen LogP) is 18.0. The van der Waals surface area contributed by atoms with E-state index in [1.807, 2.05) is 11.3 Å². The summed E-state index contributed by atoms with van der Waals surface area (Å²) in [6.45, 7) is 39.4. The van der Waals surface area contributed by atoms with Crippen LogP contribution in [0.2, 0.25) is 0 Å². The molecule has 0 amide bonds. The van der Waals surface area contributed by atoms with Crippen LogP contribution in [-0.2, 0) is 37.9 Å². The maximum Gasteiger partial charge on any atom is 0.264 e. The van der Waals surface area contributed by atoms with E-state index < -0.39 is 0 Å². The van der Waals surface area contributed by atoms with Crippen LogP contribution in [0.15, 0.2) is 91.0 Å². The molecule has 5 aliphatic rings. The molecular weight excluding hydrogens is 908 g/mol. The van der Waals surface area contributed by atoms with Gasteiger partial charge in [-0.15, -0.1) is 22.7 Å². The maximum atomic E-state index is 2.78. The molecule has 0 bridgehead atoms. The molecule has 0 unspecified atom stereocenters. The molecule has 0 saturated heterocycles. The maximum absolute atomic E-state index is 2.78. The van der Waals surface area contributed by atoms with Crippen molar-refractivity contribution in [2.45, 2.75) is 187 Å². The molecule has 0 atom stereocenters. The first-order valence-corrected chi connectivity index (χ1v) is 29.0. The van der Waals surface area contributed by atoms with Gasteiger partial charge in [-0.1, -0.05) is 134 Å². The summed E-state index contributed by atoms with van der Waals surface area (Å²) < 4.78 is 5.62. The van der Waals surface area contributed by atoms with E-state index in [0.29, 0.717) is 0 Å². The van der Waals surface area contributed by atoms with Gasteiger partial charge in [-0.3, -0.25) is 0 Å². The van der Waals surface area contributed by atoms with E-state index in [1.165, 1.54) is 158 Å². The summed E-state index contributed by atoms with van der Waals surface area (Å²) in [5, 5.41) is 4.13. The Morgan fingerprint density at radius 3 is 1.64 bits per heavy atom. The van der Waals surface area contributed by atoms with Gasteiger partial charge >= 0.3 is 0 Å². The molecule has 2 aromatic heterocycles. The van der Waals surface area contributed by atoms with Crippen LogP contribution in [0.4, 0.5) is 34.1 Å². The first-order valence-electron chi connectivity index (χ1n) is 27.3. The number of nitrogens with zero attached hydrogens (tertiary/aromatic N) is 2. The summed E-state index contributed by atoms with van der Waals surface area (Å²) in [4.78, 5) is 5.52. The Morgan fingerprint density at radius 2 is 1.01 bits per heavy atom. The molecule has 4 heterocycles. The first kappa shape index (κ1) is 46.9. The van der Waals surface area contributed by atoms with Crippen LogP contribution in [0.1, 0.15) is 187 Å². The van der Waals surface area contributed by atoms with E-state index in [4.69, 9.17) is 0 Å². The highest BCUT2D eigenvalue weighted by atomic mass is 32.1. The fourth-order valence-corrected chi connectivity index (χ4v) is 16.9. The lowest BCUT2D eigenvalue weighted by Gasteiger charge is -2.47. The van der Waals surface area contributed by atoms with Crippen LogP contribution >= 0.6 is 22.7 Å². The summed E-state index contributed by atoms with van der Waals surface area (Å²) >= 11 is 4.06. The van der Waals surface area contributed by atoms with Crippen molar-refractivity contribution < 1.29 is 0 Å². The number of rotatable bonds is 2. The van der Waals surface area contributed by atoms with Gasteiger partial charge in [0.1, 0.15) is 0 Å². The van der Waals surface area contributed by atoms with Gasteiger partial charge in [0.2, 0.25) is 0 Å². The van der Waals surface area contributed by atoms with E-state index in [-0.39, 0.29) is 44.6 Å². The third kappa shape index (κ3) is 6.56. The minimum atomic E-state index is 0.0605. The smallest absolute Gasteiger partial charge is 0.264 e. The minimum absolute atomic E-state index is 0.0605. The van der Waals surface area contributed by atoms with Crippen LogP contribution in [0.5, 0.6) is 0 Å². The average molecular weight is 983 g/mol. The lowest BCUT2D eigenvalue weighted by Crippen LogP contribution is -2.61. The predicted molar refractivity (Wildman–Crippen MR) is 318 cm³/mol. The lowest BCUT2D eigenvalue weighted by molar-refractivity contribution is 0.332. The molecular formula is C67H75BN2S2. The number of benzene rings is 6. The van der Waals surface area contributed by atoms with Crippen molar-refractivity contribution in [2.24, 2.45) is 0 Å². The molecule has 0 radical (unpaired) electrons. The van der Waals surface area contributed by atoms with Crippen molar-refractivity contribution in [1.29, 1.82) is 0 Å². The highest BCUT2D eigenvalue weighted by Gasteiger charge is 2.49. The second-order valence-corrected chi connectivity index (χ2v) is 30.4. The Bertz CT molecular complexity index is 3670. The second-order valence-electron chi connectivity index (χ2n) is 28.2. The molecule has 6 aromatic carbocycles. The Hall–Kier alpha value is -4.84. The Labute approximate surface area is 439 Å². The van der Waals surface area contributed by atoms with Crippen LogP contribution in [-0.4, -0.2) is 6.71 Å². The van der Waals surface area contributed by atoms with E-state index in [0.717, 1.165) is 0 Å². The third-order valence-corrected chi connectivity index (χ3v) is 21.8. The normalized spacial score (nSPS) is 20.5. The number of thiophene rings is 2. The number of hydrogen-bond acceptors (Lipinski definition) is 4. The minimum Gasteiger partial charge on any atom is -0.311 e. The summed E-state index contributed by atoms with van der Waals surface area (Å²) in [5.41, 5.74) is 23.3. The molecule has 0 N–H and O–H groups in total. The van der Waals surface area contributed by atoms with Crippen LogP contribution in [0, 0.1) is 6.92 Å². The molecule has 368 valence electrons. The second kappa shape index (κ2) is 14.7. The van der Waals surface area contributed by atoms with Gasteiger partial charge in [-0.2, -0.15) is 0 Å². The number of hydrogen-bond donors (Lipinski definition) is 0. The molecule has 3 aliphatic carbocycles. The summed E-state index contributed by atoms with van der Waals surface area (Å²) in [7, 11) is 0. The quantitative estimate of drug-likeness (QED) is 0.159. The molecule has 0 fully saturated rings. The van der Waals surface area contributed by atoms with E-state index in [2.05, 4.69) is 223 Å². The van der Waals surface area contributed by atoms with E-state index >= 15 is 0 Å². The van der Waals surface area contributed by atoms with Gasteiger partial charge in [-0.25, -0.2) is 0 Å².